The maximum absolute atomic E-state index is 3.56. The van der Waals surface area contributed by atoms with Crippen LogP contribution in [0.5, 0.6) is 0 Å². The van der Waals surface area contributed by atoms with Crippen LogP contribution >= 0.6 is 23.5 Å². The van der Waals surface area contributed by atoms with Gasteiger partial charge in [0.15, 0.2) is 0 Å². The third-order valence-corrected chi connectivity index (χ3v) is 5.24. The van der Waals surface area contributed by atoms with E-state index in [1.807, 2.05) is 0 Å². The van der Waals surface area contributed by atoms with Crippen LogP contribution in [0.4, 0.5) is 0 Å². The Labute approximate surface area is 64.3 Å². The van der Waals surface area contributed by atoms with Gasteiger partial charge >= 0.3 is 0 Å². The van der Waals surface area contributed by atoms with Crippen molar-refractivity contribution < 1.29 is 0 Å². The topological polar surface area (TPSA) is 12.0 Å². The van der Waals surface area contributed by atoms with Crippen LogP contribution in [0.25, 0.3) is 0 Å². The minimum Gasteiger partial charge on any atom is -0.294 e. The highest BCUT2D eigenvalue weighted by Crippen LogP contribution is 2.46. The fraction of sp³-hybridized carbons (Fsp3) is 1.00. The zero-order valence-corrected chi connectivity index (χ0v) is 6.99. The molecule has 0 unspecified atom stereocenters. The lowest BCUT2D eigenvalue weighted by atomic mass is 10.4. The largest absolute Gasteiger partial charge is 0.294 e. The van der Waals surface area contributed by atoms with Crippen molar-refractivity contribution in [3.05, 3.63) is 0 Å². The van der Waals surface area contributed by atoms with Gasteiger partial charge in [-0.1, -0.05) is 0 Å². The van der Waals surface area contributed by atoms with Crippen LogP contribution in [0.1, 0.15) is 12.8 Å². The lowest BCUT2D eigenvalue weighted by Crippen LogP contribution is -2.29. The molecule has 0 bridgehead atoms. The molecule has 3 heteroatoms. The van der Waals surface area contributed by atoms with Crippen LogP contribution < -0.4 is 5.32 Å². The Hall–Kier alpha value is 0.660. The van der Waals surface area contributed by atoms with E-state index in [1.165, 1.54) is 30.9 Å². The second kappa shape index (κ2) is 2.36. The zero-order chi connectivity index (χ0) is 6.16. The maximum Gasteiger partial charge on any atom is 0.111 e. The van der Waals surface area contributed by atoms with Crippen LogP contribution in [0, 0.1) is 0 Å². The second-order valence-electron chi connectivity index (χ2n) is 2.48. The van der Waals surface area contributed by atoms with E-state index in [4.69, 9.17) is 0 Å². The summed E-state index contributed by atoms with van der Waals surface area (Å²) in [5.74, 6) is 2.69. The Morgan fingerprint density at radius 3 is 2.56 bits per heavy atom. The number of nitrogens with one attached hydrogen (secondary N) is 1. The molecule has 1 spiro atoms. The molecule has 9 heavy (non-hydrogen) atoms. The summed E-state index contributed by atoms with van der Waals surface area (Å²) in [4.78, 5) is 0. The Morgan fingerprint density at radius 1 is 1.22 bits per heavy atom. The Balaban J connectivity index is 2.04. The molecule has 52 valence electrons. The van der Waals surface area contributed by atoms with Gasteiger partial charge in [-0.15, -0.1) is 23.5 Å². The van der Waals surface area contributed by atoms with E-state index in [2.05, 4.69) is 28.8 Å². The van der Waals surface area contributed by atoms with Gasteiger partial charge in [-0.3, -0.25) is 5.32 Å². The van der Waals surface area contributed by atoms with Crippen molar-refractivity contribution in [2.45, 2.75) is 17.0 Å². The number of thioether (sulfide) groups is 2. The molecule has 0 aliphatic carbocycles. The first kappa shape index (κ1) is 6.38. The quantitative estimate of drug-likeness (QED) is 0.578. The van der Waals surface area contributed by atoms with E-state index in [1.54, 1.807) is 0 Å². The molecule has 0 radical (unpaired) electrons. The molecule has 2 rings (SSSR count). The summed E-state index contributed by atoms with van der Waals surface area (Å²) in [6.45, 7) is 1.24. The van der Waals surface area contributed by atoms with Crippen molar-refractivity contribution in [2.24, 2.45) is 0 Å². The first-order chi connectivity index (χ1) is 4.41. The molecular formula is C6H11NS2. The van der Waals surface area contributed by atoms with Crippen LogP contribution in [0.2, 0.25) is 0 Å². The van der Waals surface area contributed by atoms with Crippen LogP contribution in [-0.2, 0) is 0 Å². The van der Waals surface area contributed by atoms with Crippen LogP contribution in [0.3, 0.4) is 0 Å². The predicted molar refractivity (Wildman–Crippen MR) is 44.9 cm³/mol. The van der Waals surface area contributed by atoms with Gasteiger partial charge in [0.05, 0.1) is 0 Å². The number of hydrogen-bond acceptors (Lipinski definition) is 3. The lowest BCUT2D eigenvalue weighted by Gasteiger charge is -2.19. The molecule has 0 atom stereocenters. The molecular weight excluding hydrogens is 150 g/mol. The summed E-state index contributed by atoms with van der Waals surface area (Å²) in [7, 11) is 0. The SMILES string of the molecule is C1CNC2(C1)SCCS2. The van der Waals surface area contributed by atoms with E-state index >= 15 is 0 Å². The Bertz CT molecular complexity index is 86.1. The van der Waals surface area contributed by atoms with Gasteiger partial charge in [-0.05, 0) is 19.4 Å². The molecule has 0 saturated carbocycles. The number of hydrogen-bond donors (Lipinski definition) is 1. The minimum atomic E-state index is 0.472. The molecule has 1 nitrogen and oxygen atoms in total. The number of rotatable bonds is 0. The fourth-order valence-corrected chi connectivity index (χ4v) is 4.53. The normalized spacial score (nSPS) is 32.0. The molecule has 0 aromatic rings. The third-order valence-electron chi connectivity index (χ3n) is 1.83. The summed E-state index contributed by atoms with van der Waals surface area (Å²) < 4.78 is 0.472. The summed E-state index contributed by atoms with van der Waals surface area (Å²) in [5.41, 5.74) is 0. The Morgan fingerprint density at radius 2 is 2.00 bits per heavy atom. The van der Waals surface area contributed by atoms with Gasteiger partial charge < -0.3 is 0 Å². The van der Waals surface area contributed by atoms with Crippen molar-refractivity contribution in [3.63, 3.8) is 0 Å². The monoisotopic (exact) mass is 161 g/mol. The van der Waals surface area contributed by atoms with E-state index in [9.17, 15) is 0 Å². The smallest absolute Gasteiger partial charge is 0.111 e. The van der Waals surface area contributed by atoms with Crippen LogP contribution in [0.15, 0.2) is 0 Å². The van der Waals surface area contributed by atoms with Crippen molar-refractivity contribution in [2.75, 3.05) is 18.1 Å². The average molecular weight is 161 g/mol. The van der Waals surface area contributed by atoms with Crippen molar-refractivity contribution in [3.8, 4) is 0 Å². The minimum absolute atomic E-state index is 0.472. The van der Waals surface area contributed by atoms with Gasteiger partial charge in [0.2, 0.25) is 0 Å². The Kier molecular flexibility index (Phi) is 1.67. The van der Waals surface area contributed by atoms with E-state index < -0.39 is 0 Å². The lowest BCUT2D eigenvalue weighted by molar-refractivity contribution is 0.758. The van der Waals surface area contributed by atoms with Gasteiger partial charge in [0, 0.05) is 11.5 Å². The van der Waals surface area contributed by atoms with Gasteiger partial charge in [-0.2, -0.15) is 0 Å². The van der Waals surface area contributed by atoms with Gasteiger partial charge in [0.1, 0.15) is 4.20 Å². The van der Waals surface area contributed by atoms with Crippen molar-refractivity contribution in [1.82, 2.24) is 5.32 Å². The van der Waals surface area contributed by atoms with Gasteiger partial charge in [0.25, 0.3) is 0 Å². The highest BCUT2D eigenvalue weighted by atomic mass is 32.2. The highest BCUT2D eigenvalue weighted by molar-refractivity contribution is 8.21. The molecule has 0 amide bonds. The molecule has 1 N–H and O–H groups in total. The van der Waals surface area contributed by atoms with Crippen molar-refractivity contribution >= 4 is 23.5 Å². The van der Waals surface area contributed by atoms with Crippen molar-refractivity contribution in [1.29, 1.82) is 0 Å². The fourth-order valence-electron chi connectivity index (χ4n) is 1.39. The zero-order valence-electron chi connectivity index (χ0n) is 5.35. The second-order valence-corrected chi connectivity index (χ2v) is 5.53. The highest BCUT2D eigenvalue weighted by Gasteiger charge is 2.37. The third kappa shape index (κ3) is 1.10. The van der Waals surface area contributed by atoms with E-state index in [0.29, 0.717) is 4.20 Å². The van der Waals surface area contributed by atoms with E-state index in [0.717, 1.165) is 0 Å². The first-order valence-electron chi connectivity index (χ1n) is 3.44. The molecule has 2 fully saturated rings. The summed E-state index contributed by atoms with van der Waals surface area (Å²) in [6.07, 6.45) is 2.75. The summed E-state index contributed by atoms with van der Waals surface area (Å²) >= 11 is 4.21. The maximum atomic E-state index is 3.56. The predicted octanol–water partition coefficient (Wildman–Crippen LogP) is 1.50. The standard InChI is InChI=1S/C6H11NS2/c1-2-6(7-3-1)8-4-5-9-6/h7H,1-5H2. The van der Waals surface area contributed by atoms with Crippen LogP contribution in [-0.4, -0.2) is 22.3 Å². The first-order valence-corrected chi connectivity index (χ1v) is 5.41. The molecule has 2 aliphatic rings. The summed E-state index contributed by atoms with van der Waals surface area (Å²) in [6, 6.07) is 0. The van der Waals surface area contributed by atoms with E-state index in [-0.39, 0.29) is 0 Å². The molecule has 2 aliphatic heterocycles. The molecule has 0 aromatic heterocycles. The molecule has 2 heterocycles. The summed E-state index contributed by atoms with van der Waals surface area (Å²) in [5, 5.41) is 3.56. The molecule has 2 saturated heterocycles. The molecule has 0 aromatic carbocycles. The van der Waals surface area contributed by atoms with Gasteiger partial charge in [-0.25, -0.2) is 0 Å². The average Bonchev–Trinajstić information content (AvgIpc) is 2.45.